The summed E-state index contributed by atoms with van der Waals surface area (Å²) in [6, 6.07) is 4.75. The summed E-state index contributed by atoms with van der Waals surface area (Å²) in [6.07, 6.45) is 1.16. The summed E-state index contributed by atoms with van der Waals surface area (Å²) in [7, 11) is -1.68. The van der Waals surface area contributed by atoms with Crippen molar-refractivity contribution < 1.29 is 13.2 Å². The Balaban J connectivity index is 0.00000196. The molecule has 4 nitrogen and oxygen atoms in total. The van der Waals surface area contributed by atoms with Gasteiger partial charge >= 0.3 is 0 Å². The Bertz CT molecular complexity index is 431. The molecule has 0 spiro atoms. The molecule has 6 heteroatoms. The molecule has 0 amide bonds. The molecule has 0 fully saturated rings. The zero-order valence-electron chi connectivity index (χ0n) is 8.56. The van der Waals surface area contributed by atoms with E-state index in [4.69, 9.17) is 10.5 Å². The summed E-state index contributed by atoms with van der Waals surface area (Å²) in [5.74, 6) is 0.609. The van der Waals surface area contributed by atoms with E-state index in [0.717, 1.165) is 6.26 Å². The van der Waals surface area contributed by atoms with Crippen molar-refractivity contribution in [1.29, 1.82) is 0 Å². The molecule has 0 saturated carbocycles. The second-order valence-corrected chi connectivity index (χ2v) is 4.93. The maximum absolute atomic E-state index is 11.3. The van der Waals surface area contributed by atoms with E-state index in [2.05, 4.69) is 0 Å². The predicted molar refractivity (Wildman–Crippen MR) is 61.2 cm³/mol. The van der Waals surface area contributed by atoms with Gasteiger partial charge in [-0.3, -0.25) is 0 Å². The molecular weight excluding hydrogens is 238 g/mol. The van der Waals surface area contributed by atoms with Gasteiger partial charge in [-0.25, -0.2) is 8.42 Å². The SMILES string of the molecule is COc1ccc(S(C)(=O)=O)c(CN)c1.Cl. The lowest BCUT2D eigenvalue weighted by atomic mass is 10.2. The van der Waals surface area contributed by atoms with Gasteiger partial charge in [0.1, 0.15) is 5.75 Å². The van der Waals surface area contributed by atoms with E-state index in [1.165, 1.54) is 13.2 Å². The van der Waals surface area contributed by atoms with Gasteiger partial charge in [-0.1, -0.05) is 0 Å². The lowest BCUT2D eigenvalue weighted by Gasteiger charge is -2.07. The van der Waals surface area contributed by atoms with Gasteiger partial charge < -0.3 is 10.5 Å². The van der Waals surface area contributed by atoms with E-state index in [9.17, 15) is 8.42 Å². The van der Waals surface area contributed by atoms with E-state index < -0.39 is 9.84 Å². The van der Waals surface area contributed by atoms with Crippen molar-refractivity contribution in [2.75, 3.05) is 13.4 Å². The number of hydrogen-bond donors (Lipinski definition) is 1. The van der Waals surface area contributed by atoms with Crippen LogP contribution in [0.3, 0.4) is 0 Å². The predicted octanol–water partition coefficient (Wildman–Crippen LogP) is 0.979. The van der Waals surface area contributed by atoms with Crippen molar-refractivity contribution in [3.8, 4) is 5.75 Å². The molecule has 2 N–H and O–H groups in total. The van der Waals surface area contributed by atoms with Crippen LogP contribution in [-0.4, -0.2) is 21.8 Å². The van der Waals surface area contributed by atoms with Crippen LogP contribution in [0, 0.1) is 0 Å². The Morgan fingerprint density at radius 1 is 1.40 bits per heavy atom. The van der Waals surface area contributed by atoms with Crippen LogP contribution < -0.4 is 10.5 Å². The molecule has 0 unspecified atom stereocenters. The number of rotatable bonds is 3. The van der Waals surface area contributed by atoms with Crippen LogP contribution in [0.4, 0.5) is 0 Å². The van der Waals surface area contributed by atoms with Crippen LogP contribution in [0.25, 0.3) is 0 Å². The fourth-order valence-electron chi connectivity index (χ4n) is 1.20. The lowest BCUT2D eigenvalue weighted by Crippen LogP contribution is -2.06. The first kappa shape index (κ1) is 14.2. The van der Waals surface area contributed by atoms with Crippen molar-refractivity contribution in [2.45, 2.75) is 11.4 Å². The molecule has 1 aromatic rings. The minimum absolute atomic E-state index is 0. The normalized spacial score (nSPS) is 10.6. The summed E-state index contributed by atoms with van der Waals surface area (Å²) in [5.41, 5.74) is 6.03. The van der Waals surface area contributed by atoms with Crippen LogP contribution in [0.15, 0.2) is 23.1 Å². The van der Waals surface area contributed by atoms with Gasteiger partial charge in [0.2, 0.25) is 0 Å². The van der Waals surface area contributed by atoms with Crippen molar-refractivity contribution in [2.24, 2.45) is 5.73 Å². The van der Waals surface area contributed by atoms with E-state index in [0.29, 0.717) is 11.3 Å². The van der Waals surface area contributed by atoms with Gasteiger partial charge in [-0.2, -0.15) is 0 Å². The largest absolute Gasteiger partial charge is 0.497 e. The standard InChI is InChI=1S/C9H13NO3S.ClH/c1-13-8-3-4-9(14(2,11)12)7(5-8)6-10;/h3-5H,6,10H2,1-2H3;1H. The Hall–Kier alpha value is -0.780. The first-order chi connectivity index (χ1) is 6.49. The molecule has 0 saturated heterocycles. The van der Waals surface area contributed by atoms with E-state index in [1.807, 2.05) is 0 Å². The summed E-state index contributed by atoms with van der Waals surface area (Å²) in [5, 5.41) is 0. The fraction of sp³-hybridized carbons (Fsp3) is 0.333. The Morgan fingerprint density at radius 3 is 2.40 bits per heavy atom. The zero-order chi connectivity index (χ0) is 10.8. The first-order valence-electron chi connectivity index (χ1n) is 4.06. The monoisotopic (exact) mass is 251 g/mol. The molecule has 0 heterocycles. The maximum atomic E-state index is 11.3. The molecule has 0 bridgehead atoms. The second kappa shape index (κ2) is 5.34. The van der Waals surface area contributed by atoms with Gasteiger partial charge in [0.15, 0.2) is 9.84 Å². The van der Waals surface area contributed by atoms with Gasteiger partial charge in [0.05, 0.1) is 12.0 Å². The van der Waals surface area contributed by atoms with Gasteiger partial charge in [0.25, 0.3) is 0 Å². The van der Waals surface area contributed by atoms with Crippen LogP contribution in [0.2, 0.25) is 0 Å². The molecule has 0 aliphatic carbocycles. The van der Waals surface area contributed by atoms with Crippen LogP contribution in [0.1, 0.15) is 5.56 Å². The number of nitrogens with two attached hydrogens (primary N) is 1. The summed E-state index contributed by atoms with van der Waals surface area (Å²) < 4.78 is 27.6. The average Bonchev–Trinajstić information content (AvgIpc) is 2.15. The first-order valence-corrected chi connectivity index (χ1v) is 5.95. The van der Waals surface area contributed by atoms with Gasteiger partial charge in [-0.15, -0.1) is 12.4 Å². The zero-order valence-corrected chi connectivity index (χ0v) is 10.2. The number of benzene rings is 1. The molecular formula is C9H14ClNO3S. The Labute approximate surface area is 95.8 Å². The minimum atomic E-state index is -3.21. The molecule has 0 aliphatic rings. The Kier molecular flexibility index (Phi) is 5.07. The molecule has 0 aromatic heterocycles. The summed E-state index contributed by atoms with van der Waals surface area (Å²) in [4.78, 5) is 0.265. The fourth-order valence-corrected chi connectivity index (χ4v) is 2.14. The third-order valence-corrected chi connectivity index (χ3v) is 3.08. The van der Waals surface area contributed by atoms with Crippen LogP contribution in [-0.2, 0) is 16.4 Å². The number of hydrogen-bond acceptors (Lipinski definition) is 4. The number of methoxy groups -OCH3 is 1. The van der Waals surface area contributed by atoms with Crippen molar-refractivity contribution in [1.82, 2.24) is 0 Å². The quantitative estimate of drug-likeness (QED) is 0.870. The number of ether oxygens (including phenoxy) is 1. The highest BCUT2D eigenvalue weighted by molar-refractivity contribution is 7.90. The number of halogens is 1. The Morgan fingerprint density at radius 2 is 2.00 bits per heavy atom. The molecule has 0 atom stereocenters. The highest BCUT2D eigenvalue weighted by Gasteiger charge is 2.12. The third kappa shape index (κ3) is 3.37. The van der Waals surface area contributed by atoms with Crippen LogP contribution >= 0.6 is 12.4 Å². The lowest BCUT2D eigenvalue weighted by molar-refractivity contribution is 0.414. The topological polar surface area (TPSA) is 69.4 Å². The second-order valence-electron chi connectivity index (χ2n) is 2.95. The molecule has 1 rings (SSSR count). The minimum Gasteiger partial charge on any atom is -0.497 e. The third-order valence-electron chi connectivity index (χ3n) is 1.89. The van der Waals surface area contributed by atoms with Gasteiger partial charge in [0, 0.05) is 12.8 Å². The molecule has 0 radical (unpaired) electrons. The van der Waals surface area contributed by atoms with Crippen molar-refractivity contribution in [3.05, 3.63) is 23.8 Å². The van der Waals surface area contributed by atoms with E-state index in [1.54, 1.807) is 12.1 Å². The van der Waals surface area contributed by atoms with Crippen molar-refractivity contribution >= 4 is 22.2 Å². The van der Waals surface area contributed by atoms with E-state index >= 15 is 0 Å². The van der Waals surface area contributed by atoms with Crippen molar-refractivity contribution in [3.63, 3.8) is 0 Å². The van der Waals surface area contributed by atoms with E-state index in [-0.39, 0.29) is 23.8 Å². The highest BCUT2D eigenvalue weighted by Crippen LogP contribution is 2.21. The molecule has 0 aliphatic heterocycles. The molecule has 15 heavy (non-hydrogen) atoms. The number of sulfone groups is 1. The summed E-state index contributed by atoms with van der Waals surface area (Å²) in [6.45, 7) is 0.180. The highest BCUT2D eigenvalue weighted by atomic mass is 35.5. The molecule has 1 aromatic carbocycles. The summed E-state index contributed by atoms with van der Waals surface area (Å²) >= 11 is 0. The average molecular weight is 252 g/mol. The molecule has 86 valence electrons. The van der Waals surface area contributed by atoms with Gasteiger partial charge in [-0.05, 0) is 23.8 Å². The smallest absolute Gasteiger partial charge is 0.175 e. The maximum Gasteiger partial charge on any atom is 0.175 e. The van der Waals surface area contributed by atoms with Crippen LogP contribution in [0.5, 0.6) is 5.75 Å².